The lowest BCUT2D eigenvalue weighted by Crippen LogP contribution is -2.51. The molecule has 0 aliphatic carbocycles. The predicted octanol–water partition coefficient (Wildman–Crippen LogP) is 3.30. The molecule has 1 saturated heterocycles. The Balaban J connectivity index is 1.81. The minimum atomic E-state index is -0.347. The second-order valence-electron chi connectivity index (χ2n) is 7.38. The van der Waals surface area contributed by atoms with Gasteiger partial charge in [0, 0.05) is 37.8 Å². The van der Waals surface area contributed by atoms with E-state index in [0.717, 1.165) is 42.7 Å². The first-order chi connectivity index (χ1) is 10.9. The van der Waals surface area contributed by atoms with E-state index in [1.54, 1.807) is 12.5 Å². The summed E-state index contributed by atoms with van der Waals surface area (Å²) in [5.74, 6) is 1.15. The number of aromatic nitrogens is 1. The summed E-state index contributed by atoms with van der Waals surface area (Å²) in [6.07, 6.45) is 5.58. The SMILES string of the molecule is CN(C(=O)C(C)(C)C)C1CCCN(c2nccc3occc23)C1. The van der Waals surface area contributed by atoms with Gasteiger partial charge in [0.2, 0.25) is 5.91 Å². The van der Waals surface area contributed by atoms with Crippen molar-refractivity contribution in [2.24, 2.45) is 5.41 Å². The largest absolute Gasteiger partial charge is 0.464 e. The van der Waals surface area contributed by atoms with Crippen molar-refractivity contribution in [3.05, 3.63) is 24.6 Å². The summed E-state index contributed by atoms with van der Waals surface area (Å²) in [7, 11) is 1.92. The molecule has 0 bridgehead atoms. The summed E-state index contributed by atoms with van der Waals surface area (Å²) in [4.78, 5) is 21.3. The van der Waals surface area contributed by atoms with E-state index >= 15 is 0 Å². The molecule has 0 radical (unpaired) electrons. The molecular weight excluding hydrogens is 290 g/mol. The molecule has 3 rings (SSSR count). The van der Waals surface area contributed by atoms with Crippen molar-refractivity contribution >= 4 is 22.7 Å². The Bertz CT molecular complexity index is 702. The number of carbonyl (C=O) groups excluding carboxylic acids is 1. The molecule has 1 aliphatic rings. The van der Waals surface area contributed by atoms with Crippen LogP contribution in [0.1, 0.15) is 33.6 Å². The Hall–Kier alpha value is -2.04. The van der Waals surface area contributed by atoms with Crippen LogP contribution in [0.15, 0.2) is 29.0 Å². The zero-order valence-corrected chi connectivity index (χ0v) is 14.4. The van der Waals surface area contributed by atoms with Crippen molar-refractivity contribution in [3.8, 4) is 0 Å². The van der Waals surface area contributed by atoms with Gasteiger partial charge in [-0.25, -0.2) is 4.98 Å². The van der Waals surface area contributed by atoms with E-state index in [1.807, 2.05) is 44.9 Å². The Kier molecular flexibility index (Phi) is 4.04. The maximum Gasteiger partial charge on any atom is 0.227 e. The first-order valence-corrected chi connectivity index (χ1v) is 8.22. The minimum Gasteiger partial charge on any atom is -0.464 e. The van der Waals surface area contributed by atoms with Crippen LogP contribution in [0.2, 0.25) is 0 Å². The Morgan fingerprint density at radius 2 is 2.17 bits per heavy atom. The third-order valence-corrected chi connectivity index (χ3v) is 4.56. The third kappa shape index (κ3) is 3.05. The number of furan rings is 1. The Morgan fingerprint density at radius 3 is 2.91 bits per heavy atom. The molecule has 3 heterocycles. The zero-order valence-electron chi connectivity index (χ0n) is 14.4. The lowest BCUT2D eigenvalue weighted by Gasteiger charge is -2.40. The number of piperidine rings is 1. The number of likely N-dealkylation sites (N-methyl/N-ethyl adjacent to an activating group) is 1. The standard InChI is InChI=1S/C18H25N3O2/c1-18(2,3)17(22)20(4)13-6-5-10-21(12-13)16-14-8-11-23-15(14)7-9-19-16/h7-9,11,13H,5-6,10,12H2,1-4H3. The number of hydrogen-bond donors (Lipinski definition) is 0. The van der Waals surface area contributed by atoms with Gasteiger partial charge in [-0.05, 0) is 25.0 Å². The molecule has 5 nitrogen and oxygen atoms in total. The fraction of sp³-hybridized carbons (Fsp3) is 0.556. The van der Waals surface area contributed by atoms with Crippen molar-refractivity contribution in [2.75, 3.05) is 25.0 Å². The Morgan fingerprint density at radius 1 is 1.39 bits per heavy atom. The van der Waals surface area contributed by atoms with E-state index in [2.05, 4.69) is 9.88 Å². The van der Waals surface area contributed by atoms with E-state index in [-0.39, 0.29) is 17.4 Å². The van der Waals surface area contributed by atoms with E-state index in [1.165, 1.54) is 0 Å². The molecule has 2 aromatic rings. The van der Waals surface area contributed by atoms with Crippen molar-refractivity contribution in [2.45, 2.75) is 39.7 Å². The first kappa shape index (κ1) is 15.8. The molecule has 1 amide bonds. The van der Waals surface area contributed by atoms with Crippen LogP contribution in [0.4, 0.5) is 5.82 Å². The average Bonchev–Trinajstić information content (AvgIpc) is 3.01. The van der Waals surface area contributed by atoms with Crippen LogP contribution in [0, 0.1) is 5.41 Å². The monoisotopic (exact) mass is 315 g/mol. The van der Waals surface area contributed by atoms with E-state index in [4.69, 9.17) is 4.42 Å². The van der Waals surface area contributed by atoms with Gasteiger partial charge in [-0.3, -0.25) is 4.79 Å². The summed E-state index contributed by atoms with van der Waals surface area (Å²) < 4.78 is 5.48. The minimum absolute atomic E-state index is 0.193. The maximum absolute atomic E-state index is 12.6. The molecule has 1 atom stereocenters. The van der Waals surface area contributed by atoms with Crippen LogP contribution < -0.4 is 4.90 Å². The zero-order chi connectivity index (χ0) is 16.6. The number of anilines is 1. The number of amides is 1. The molecule has 1 fully saturated rings. The van der Waals surface area contributed by atoms with Crippen LogP contribution in [-0.4, -0.2) is 42.0 Å². The highest BCUT2D eigenvalue weighted by molar-refractivity contribution is 5.88. The van der Waals surface area contributed by atoms with Crippen LogP contribution in [0.5, 0.6) is 0 Å². The number of pyridine rings is 1. The quantitative estimate of drug-likeness (QED) is 0.853. The highest BCUT2D eigenvalue weighted by Gasteiger charge is 2.32. The summed E-state index contributed by atoms with van der Waals surface area (Å²) in [6, 6.07) is 4.07. The first-order valence-electron chi connectivity index (χ1n) is 8.22. The smallest absolute Gasteiger partial charge is 0.227 e. The molecule has 1 aliphatic heterocycles. The number of carbonyl (C=O) groups is 1. The van der Waals surface area contributed by atoms with Gasteiger partial charge in [0.15, 0.2) is 0 Å². The molecular formula is C18H25N3O2. The number of nitrogens with zero attached hydrogens (tertiary/aromatic N) is 3. The molecule has 0 spiro atoms. The topological polar surface area (TPSA) is 49.6 Å². The lowest BCUT2D eigenvalue weighted by atomic mass is 9.93. The van der Waals surface area contributed by atoms with Gasteiger partial charge in [0.1, 0.15) is 11.4 Å². The molecule has 5 heteroatoms. The van der Waals surface area contributed by atoms with E-state index < -0.39 is 0 Å². The molecule has 0 saturated carbocycles. The van der Waals surface area contributed by atoms with Crippen LogP contribution >= 0.6 is 0 Å². The van der Waals surface area contributed by atoms with Crippen LogP contribution in [-0.2, 0) is 4.79 Å². The summed E-state index contributed by atoms with van der Waals surface area (Å²) >= 11 is 0. The van der Waals surface area contributed by atoms with Gasteiger partial charge in [-0.15, -0.1) is 0 Å². The third-order valence-electron chi connectivity index (χ3n) is 4.56. The van der Waals surface area contributed by atoms with Gasteiger partial charge in [-0.2, -0.15) is 0 Å². The van der Waals surface area contributed by atoms with Crippen LogP contribution in [0.25, 0.3) is 11.0 Å². The number of fused-ring (bicyclic) bond motifs is 1. The van der Waals surface area contributed by atoms with Gasteiger partial charge >= 0.3 is 0 Å². The fourth-order valence-electron chi connectivity index (χ4n) is 3.29. The normalized spacial score (nSPS) is 19.1. The highest BCUT2D eigenvalue weighted by Crippen LogP contribution is 2.29. The maximum atomic E-state index is 12.6. The van der Waals surface area contributed by atoms with Gasteiger partial charge in [-0.1, -0.05) is 20.8 Å². The lowest BCUT2D eigenvalue weighted by molar-refractivity contribution is -0.140. The van der Waals surface area contributed by atoms with Crippen molar-refractivity contribution < 1.29 is 9.21 Å². The molecule has 124 valence electrons. The molecule has 1 unspecified atom stereocenters. The molecule has 23 heavy (non-hydrogen) atoms. The van der Waals surface area contributed by atoms with Gasteiger partial charge < -0.3 is 14.2 Å². The summed E-state index contributed by atoms with van der Waals surface area (Å²) in [6.45, 7) is 7.70. The van der Waals surface area contributed by atoms with E-state index in [9.17, 15) is 4.79 Å². The van der Waals surface area contributed by atoms with Crippen LogP contribution in [0.3, 0.4) is 0 Å². The second kappa shape index (κ2) is 5.87. The fourth-order valence-corrected chi connectivity index (χ4v) is 3.29. The second-order valence-corrected chi connectivity index (χ2v) is 7.38. The van der Waals surface area contributed by atoms with Gasteiger partial charge in [0.25, 0.3) is 0 Å². The molecule has 0 aromatic carbocycles. The van der Waals surface area contributed by atoms with Crippen molar-refractivity contribution in [1.29, 1.82) is 0 Å². The summed E-state index contributed by atoms with van der Waals surface area (Å²) in [5, 5.41) is 1.04. The number of rotatable bonds is 2. The van der Waals surface area contributed by atoms with E-state index in [0.29, 0.717) is 0 Å². The predicted molar refractivity (Wildman–Crippen MR) is 91.5 cm³/mol. The summed E-state index contributed by atoms with van der Waals surface area (Å²) in [5.41, 5.74) is 0.510. The average molecular weight is 315 g/mol. The Labute approximate surface area is 137 Å². The highest BCUT2D eigenvalue weighted by atomic mass is 16.3. The molecule has 2 aromatic heterocycles. The van der Waals surface area contributed by atoms with Crippen molar-refractivity contribution in [3.63, 3.8) is 0 Å². The van der Waals surface area contributed by atoms with Crippen molar-refractivity contribution in [1.82, 2.24) is 9.88 Å². The number of hydrogen-bond acceptors (Lipinski definition) is 4. The van der Waals surface area contributed by atoms with Gasteiger partial charge in [0.05, 0.1) is 11.6 Å². The molecule has 0 N–H and O–H groups in total.